The van der Waals surface area contributed by atoms with Crippen LogP contribution >= 0.6 is 0 Å². The van der Waals surface area contributed by atoms with E-state index in [0.29, 0.717) is 12.2 Å². The molecule has 5 rings (SSSR count). The van der Waals surface area contributed by atoms with E-state index in [-0.39, 0.29) is 18.0 Å². The lowest BCUT2D eigenvalue weighted by Crippen LogP contribution is -2.36. The molecule has 0 fully saturated rings. The number of nitrogens with zero attached hydrogens (tertiary/aromatic N) is 4. The minimum Gasteiger partial charge on any atom is -0.339 e. The lowest BCUT2D eigenvalue weighted by molar-refractivity contribution is -0.387. The van der Waals surface area contributed by atoms with Gasteiger partial charge in [0.05, 0.1) is 22.3 Å². The average Bonchev–Trinajstić information content (AvgIpc) is 2.84. The molecule has 1 N–H and O–H groups in total. The molecular formula is C23H19N5O4S. The molecule has 1 aliphatic rings. The first kappa shape index (κ1) is 21.0. The second-order valence-electron chi connectivity index (χ2n) is 7.65. The predicted molar refractivity (Wildman–Crippen MR) is 124 cm³/mol. The van der Waals surface area contributed by atoms with Gasteiger partial charge in [-0.1, -0.05) is 30.3 Å². The first-order valence-electron chi connectivity index (χ1n) is 10.3. The van der Waals surface area contributed by atoms with Gasteiger partial charge in [0.2, 0.25) is 10.0 Å². The number of pyridine rings is 2. The third-order valence-electron chi connectivity index (χ3n) is 5.64. The van der Waals surface area contributed by atoms with Crippen molar-refractivity contribution < 1.29 is 13.3 Å². The monoisotopic (exact) mass is 461 g/mol. The number of rotatable bonds is 5. The first-order chi connectivity index (χ1) is 15.9. The molecule has 3 heterocycles. The summed E-state index contributed by atoms with van der Waals surface area (Å²) in [5, 5.41) is 15.6. The fourth-order valence-corrected chi connectivity index (χ4v) is 5.60. The van der Waals surface area contributed by atoms with Crippen LogP contribution in [0.2, 0.25) is 0 Å². The van der Waals surface area contributed by atoms with Crippen LogP contribution in [0, 0.1) is 10.1 Å². The van der Waals surface area contributed by atoms with Crippen molar-refractivity contribution in [3.63, 3.8) is 0 Å². The van der Waals surface area contributed by atoms with Crippen molar-refractivity contribution in [2.75, 3.05) is 11.9 Å². The predicted octanol–water partition coefficient (Wildman–Crippen LogP) is 4.03. The molecule has 0 saturated heterocycles. The Balaban J connectivity index is 1.44. The lowest BCUT2D eigenvalue weighted by atomic mass is 10.0. The van der Waals surface area contributed by atoms with Gasteiger partial charge in [0.15, 0.2) is 4.90 Å². The molecule has 0 radical (unpaired) electrons. The summed E-state index contributed by atoms with van der Waals surface area (Å²) in [4.78, 5) is 19.3. The van der Waals surface area contributed by atoms with Crippen molar-refractivity contribution in [2.24, 2.45) is 0 Å². The highest BCUT2D eigenvalue weighted by Gasteiger charge is 2.34. The molecule has 0 spiro atoms. The van der Waals surface area contributed by atoms with E-state index >= 15 is 0 Å². The Labute approximate surface area is 189 Å². The summed E-state index contributed by atoms with van der Waals surface area (Å²) in [6.07, 6.45) is 3.78. The Morgan fingerprint density at radius 1 is 1.03 bits per heavy atom. The fraction of sp³-hybridized carbons (Fsp3) is 0.130. The molecule has 33 heavy (non-hydrogen) atoms. The Morgan fingerprint density at radius 2 is 1.82 bits per heavy atom. The number of sulfonamides is 1. The number of nitrogens with one attached hydrogen (secondary N) is 1. The smallest absolute Gasteiger partial charge is 0.289 e. The van der Waals surface area contributed by atoms with E-state index in [1.54, 1.807) is 18.5 Å². The van der Waals surface area contributed by atoms with Crippen LogP contribution in [0.3, 0.4) is 0 Å². The summed E-state index contributed by atoms with van der Waals surface area (Å²) in [6, 6.07) is 17.0. The standard InChI is InChI=1S/C23H19N5O4S/c29-28(30)21-7-3-4-8-22(21)33(31,32)27-12-10-19-17(15-27)9-11-24-23(19)26-18-13-16-5-1-2-6-20(16)25-14-18/h1-9,11,13-14H,10,12,15H2,(H,24,26). The van der Waals surface area contributed by atoms with E-state index in [1.807, 2.05) is 30.3 Å². The molecular weight excluding hydrogens is 442 g/mol. The van der Waals surface area contributed by atoms with Crippen molar-refractivity contribution in [3.8, 4) is 0 Å². The van der Waals surface area contributed by atoms with Gasteiger partial charge < -0.3 is 5.32 Å². The maximum Gasteiger partial charge on any atom is 0.289 e. The third-order valence-corrected chi connectivity index (χ3v) is 7.54. The van der Waals surface area contributed by atoms with Crippen LogP contribution in [0.25, 0.3) is 10.9 Å². The van der Waals surface area contributed by atoms with Gasteiger partial charge in [-0.3, -0.25) is 15.1 Å². The largest absolute Gasteiger partial charge is 0.339 e. The SMILES string of the molecule is O=[N+]([O-])c1ccccc1S(=O)(=O)N1CCc2c(ccnc2Nc2cnc3ccccc3c2)C1. The summed E-state index contributed by atoms with van der Waals surface area (Å²) in [7, 11) is -4.04. The van der Waals surface area contributed by atoms with Crippen molar-refractivity contribution in [1.82, 2.24) is 14.3 Å². The highest BCUT2D eigenvalue weighted by Crippen LogP contribution is 2.32. The van der Waals surface area contributed by atoms with E-state index in [0.717, 1.165) is 27.7 Å². The Kier molecular flexibility index (Phi) is 5.23. The molecule has 0 bridgehead atoms. The van der Waals surface area contributed by atoms with E-state index in [9.17, 15) is 18.5 Å². The van der Waals surface area contributed by atoms with Gasteiger partial charge in [-0.2, -0.15) is 4.31 Å². The summed E-state index contributed by atoms with van der Waals surface area (Å²) in [5.41, 5.74) is 2.96. The molecule has 0 amide bonds. The fourth-order valence-electron chi connectivity index (χ4n) is 4.02. The quantitative estimate of drug-likeness (QED) is 0.352. The molecule has 2 aromatic heterocycles. The van der Waals surface area contributed by atoms with Crippen molar-refractivity contribution in [3.05, 3.63) is 94.3 Å². The average molecular weight is 462 g/mol. The Bertz CT molecular complexity index is 1490. The zero-order valence-corrected chi connectivity index (χ0v) is 18.2. The second kappa shape index (κ2) is 8.23. The van der Waals surface area contributed by atoms with Crippen molar-refractivity contribution in [2.45, 2.75) is 17.9 Å². The number of hydrogen-bond acceptors (Lipinski definition) is 7. The second-order valence-corrected chi connectivity index (χ2v) is 9.56. The van der Waals surface area contributed by atoms with Gasteiger partial charge in [-0.15, -0.1) is 0 Å². The number of para-hydroxylation sites is 2. The van der Waals surface area contributed by atoms with Gasteiger partial charge in [0, 0.05) is 36.3 Å². The summed E-state index contributed by atoms with van der Waals surface area (Å²) < 4.78 is 27.7. The Hall–Kier alpha value is -3.89. The minimum atomic E-state index is -4.04. The van der Waals surface area contributed by atoms with Crippen molar-refractivity contribution >= 4 is 38.1 Å². The molecule has 2 aromatic carbocycles. The van der Waals surface area contributed by atoms with Gasteiger partial charge in [-0.05, 0) is 36.2 Å². The van der Waals surface area contributed by atoms with Gasteiger partial charge in [-0.25, -0.2) is 13.4 Å². The number of hydrogen-bond donors (Lipinski definition) is 1. The van der Waals surface area contributed by atoms with E-state index in [4.69, 9.17) is 0 Å². The zero-order chi connectivity index (χ0) is 23.0. The lowest BCUT2D eigenvalue weighted by Gasteiger charge is -2.29. The summed E-state index contributed by atoms with van der Waals surface area (Å²) in [5.74, 6) is 0.646. The van der Waals surface area contributed by atoms with E-state index < -0.39 is 20.6 Å². The van der Waals surface area contributed by atoms with Crippen LogP contribution in [0.4, 0.5) is 17.2 Å². The number of anilines is 2. The summed E-state index contributed by atoms with van der Waals surface area (Å²) in [6.45, 7) is 0.300. The molecule has 4 aromatic rings. The molecule has 0 atom stereocenters. The molecule has 166 valence electrons. The third kappa shape index (κ3) is 3.90. The van der Waals surface area contributed by atoms with Crippen molar-refractivity contribution in [1.29, 1.82) is 0 Å². The van der Waals surface area contributed by atoms with Crippen LogP contribution in [-0.2, 0) is 23.0 Å². The van der Waals surface area contributed by atoms with Gasteiger partial charge >= 0.3 is 0 Å². The van der Waals surface area contributed by atoms with Gasteiger partial charge in [0.1, 0.15) is 5.82 Å². The number of benzene rings is 2. The van der Waals surface area contributed by atoms with Crippen LogP contribution in [-0.4, -0.2) is 34.2 Å². The number of aromatic nitrogens is 2. The van der Waals surface area contributed by atoms with Crippen LogP contribution in [0.5, 0.6) is 0 Å². The highest BCUT2D eigenvalue weighted by atomic mass is 32.2. The zero-order valence-electron chi connectivity index (χ0n) is 17.4. The normalized spacial score (nSPS) is 14.1. The maximum atomic E-state index is 13.2. The molecule has 0 unspecified atom stereocenters. The van der Waals surface area contributed by atoms with Crippen LogP contribution in [0.15, 0.2) is 78.0 Å². The first-order valence-corrected chi connectivity index (χ1v) is 11.7. The molecule has 9 nitrogen and oxygen atoms in total. The number of nitro groups is 1. The minimum absolute atomic E-state index is 0.108. The molecule has 0 aliphatic carbocycles. The van der Waals surface area contributed by atoms with Gasteiger partial charge in [0.25, 0.3) is 5.69 Å². The van der Waals surface area contributed by atoms with E-state index in [2.05, 4.69) is 15.3 Å². The molecule has 10 heteroatoms. The maximum absolute atomic E-state index is 13.2. The Morgan fingerprint density at radius 3 is 2.67 bits per heavy atom. The highest BCUT2D eigenvalue weighted by molar-refractivity contribution is 7.89. The topological polar surface area (TPSA) is 118 Å². The molecule has 1 aliphatic heterocycles. The summed E-state index contributed by atoms with van der Waals surface area (Å²) >= 11 is 0. The number of nitro benzene ring substituents is 1. The number of fused-ring (bicyclic) bond motifs is 2. The van der Waals surface area contributed by atoms with E-state index in [1.165, 1.54) is 28.6 Å². The van der Waals surface area contributed by atoms with Crippen LogP contribution in [0.1, 0.15) is 11.1 Å². The molecule has 0 saturated carbocycles. The van der Waals surface area contributed by atoms with Crippen LogP contribution < -0.4 is 5.32 Å².